The van der Waals surface area contributed by atoms with Crippen LogP contribution in [0.25, 0.3) is 79.2 Å². The van der Waals surface area contributed by atoms with Gasteiger partial charge < -0.3 is 0 Å². The summed E-state index contributed by atoms with van der Waals surface area (Å²) in [5.41, 5.74) is 15.8. The van der Waals surface area contributed by atoms with Crippen molar-refractivity contribution < 1.29 is 0 Å². The van der Waals surface area contributed by atoms with Crippen molar-refractivity contribution in [2.45, 2.75) is 52.4 Å². The van der Waals surface area contributed by atoms with Crippen LogP contribution >= 0.6 is 0 Å². The summed E-state index contributed by atoms with van der Waals surface area (Å²) >= 11 is 0. The summed E-state index contributed by atoms with van der Waals surface area (Å²) in [5, 5.41) is 5.27. The molecular formula is C44H38. The molecule has 4 bridgehead atoms. The van der Waals surface area contributed by atoms with Gasteiger partial charge in [0.25, 0.3) is 0 Å². The van der Waals surface area contributed by atoms with Crippen LogP contribution < -0.4 is 0 Å². The number of fused-ring (bicyclic) bond motifs is 8. The van der Waals surface area contributed by atoms with Crippen molar-refractivity contribution in [1.82, 2.24) is 0 Å². The van der Waals surface area contributed by atoms with Gasteiger partial charge in [0, 0.05) is 0 Å². The Labute approximate surface area is 261 Å². The summed E-state index contributed by atoms with van der Waals surface area (Å²) in [6, 6.07) is 37.0. The Morgan fingerprint density at radius 2 is 0.705 bits per heavy atom. The Hall–Kier alpha value is -4.68. The molecule has 0 radical (unpaired) electrons. The number of hydrogen-bond acceptors (Lipinski definition) is 0. The van der Waals surface area contributed by atoms with Crippen LogP contribution in [0.4, 0.5) is 0 Å². The third-order valence-corrected chi connectivity index (χ3v) is 9.70. The maximum atomic E-state index is 2.47. The van der Waals surface area contributed by atoms with Crippen molar-refractivity contribution in [1.29, 1.82) is 0 Å². The largest absolute Gasteiger partial charge is 0.0616 e. The first-order valence-electron chi connectivity index (χ1n) is 15.9. The number of rotatable bonds is 3. The molecule has 44 heavy (non-hydrogen) atoms. The monoisotopic (exact) mass is 566 g/mol. The quantitative estimate of drug-likeness (QED) is 0.199. The molecule has 0 fully saturated rings. The third kappa shape index (κ3) is 4.12. The van der Waals surface area contributed by atoms with Crippen LogP contribution in [0.15, 0.2) is 97.1 Å². The third-order valence-electron chi connectivity index (χ3n) is 9.70. The number of benzene rings is 6. The first-order valence-corrected chi connectivity index (χ1v) is 15.9. The fraction of sp³-hybridized carbons (Fsp3) is 0.182. The minimum atomic E-state index is 0.0286. The molecular weight excluding hydrogens is 528 g/mol. The minimum Gasteiger partial charge on any atom is -0.0616 e. The molecule has 2 aliphatic carbocycles. The number of hydrogen-bond donors (Lipinski definition) is 0. The van der Waals surface area contributed by atoms with Crippen LogP contribution in [0.5, 0.6) is 0 Å². The smallest absolute Gasteiger partial charge is 0.00261 e. The van der Waals surface area contributed by atoms with Gasteiger partial charge in [-0.3, -0.25) is 0 Å². The molecule has 0 N–H and O–H groups in total. The Morgan fingerprint density at radius 3 is 1.09 bits per heavy atom. The molecule has 0 spiro atoms. The molecule has 0 atom stereocenters. The average Bonchev–Trinajstić information content (AvgIpc) is 3.62. The highest BCUT2D eigenvalue weighted by molar-refractivity contribution is 6.14. The normalized spacial score (nSPS) is 13.5. The lowest BCUT2D eigenvalue weighted by molar-refractivity contribution is 0.590. The molecule has 0 saturated heterocycles. The van der Waals surface area contributed by atoms with Crippen molar-refractivity contribution in [2.24, 2.45) is 0 Å². The molecule has 0 aromatic heterocycles. The van der Waals surface area contributed by atoms with E-state index in [-0.39, 0.29) is 10.8 Å². The highest BCUT2D eigenvalue weighted by Crippen LogP contribution is 2.49. The predicted octanol–water partition coefficient (Wildman–Crippen LogP) is 12.6. The van der Waals surface area contributed by atoms with Crippen LogP contribution in [0.3, 0.4) is 0 Å². The lowest BCUT2D eigenvalue weighted by Crippen LogP contribution is -2.12. The van der Waals surface area contributed by atoms with E-state index in [2.05, 4.69) is 163 Å². The van der Waals surface area contributed by atoms with Crippen LogP contribution in [-0.2, 0) is 10.8 Å². The molecule has 0 unspecified atom stereocenters. The van der Waals surface area contributed by atoms with Crippen molar-refractivity contribution >= 4 is 45.8 Å². The second-order valence-electron chi connectivity index (χ2n) is 14.6. The Kier molecular flexibility index (Phi) is 5.75. The van der Waals surface area contributed by atoms with Gasteiger partial charge in [-0.15, -0.1) is 0 Å². The molecule has 6 aromatic rings. The van der Waals surface area contributed by atoms with Gasteiger partial charge in [-0.25, -0.2) is 0 Å². The van der Waals surface area contributed by atoms with E-state index < -0.39 is 0 Å². The van der Waals surface area contributed by atoms with Crippen molar-refractivity contribution in [3.05, 3.63) is 130 Å². The zero-order chi connectivity index (χ0) is 30.4. The summed E-state index contributed by atoms with van der Waals surface area (Å²) in [6.45, 7) is 13.9. The van der Waals surface area contributed by atoms with Crippen LogP contribution in [0.2, 0.25) is 0 Å². The first kappa shape index (κ1) is 26.9. The molecule has 6 aromatic carbocycles. The lowest BCUT2D eigenvalue weighted by atomic mass is 9.78. The molecule has 0 aliphatic heterocycles. The summed E-state index contributed by atoms with van der Waals surface area (Å²) in [7, 11) is 0. The van der Waals surface area contributed by atoms with E-state index in [1.54, 1.807) is 0 Å². The van der Waals surface area contributed by atoms with Crippen molar-refractivity contribution in [3.8, 4) is 33.4 Å². The molecule has 2 aliphatic rings. The Bertz CT molecular complexity index is 2060. The van der Waals surface area contributed by atoms with E-state index >= 15 is 0 Å². The molecule has 0 heterocycles. The van der Waals surface area contributed by atoms with Crippen LogP contribution in [0, 0.1) is 0 Å². The van der Waals surface area contributed by atoms with Gasteiger partial charge in [-0.1, -0.05) is 139 Å². The highest BCUT2D eigenvalue weighted by atomic mass is 14.3. The lowest BCUT2D eigenvalue weighted by Gasteiger charge is -2.26. The van der Waals surface area contributed by atoms with Gasteiger partial charge in [0.15, 0.2) is 0 Å². The second-order valence-corrected chi connectivity index (χ2v) is 14.6. The van der Waals surface area contributed by atoms with Crippen molar-refractivity contribution in [2.75, 3.05) is 0 Å². The van der Waals surface area contributed by atoms with Gasteiger partial charge in [0.1, 0.15) is 0 Å². The van der Waals surface area contributed by atoms with E-state index in [1.807, 2.05) is 0 Å². The Morgan fingerprint density at radius 1 is 0.341 bits per heavy atom. The van der Waals surface area contributed by atoms with Gasteiger partial charge in [-0.2, -0.15) is 0 Å². The summed E-state index contributed by atoms with van der Waals surface area (Å²) in [6.07, 6.45) is 9.17. The van der Waals surface area contributed by atoms with E-state index in [4.69, 9.17) is 0 Å². The second kappa shape index (κ2) is 9.41. The standard InChI is InChI=1S/C44H38/c1-43(2,3)31-19-21-35(39(25-31)41-29-17-15-27(23-29)33-11-7-9-13-37(33)41)36-22-20-32(44(4,5)6)26-40(36)42-30-18-16-28(24-30)34-12-8-10-14-38(34)42/h7-26H,1-6H3. The molecule has 214 valence electrons. The zero-order valence-electron chi connectivity index (χ0n) is 26.5. The highest BCUT2D eigenvalue weighted by Gasteiger charge is 2.26. The molecule has 8 rings (SSSR count). The summed E-state index contributed by atoms with van der Waals surface area (Å²) in [5.74, 6) is 0. The molecule has 0 heteroatoms. The van der Waals surface area contributed by atoms with Crippen LogP contribution in [-0.4, -0.2) is 0 Å². The van der Waals surface area contributed by atoms with Crippen LogP contribution in [0.1, 0.15) is 74.9 Å². The average molecular weight is 567 g/mol. The molecule has 0 amide bonds. The van der Waals surface area contributed by atoms with Gasteiger partial charge in [0.05, 0.1) is 0 Å². The summed E-state index contributed by atoms with van der Waals surface area (Å²) < 4.78 is 0. The topological polar surface area (TPSA) is 0 Å². The van der Waals surface area contributed by atoms with E-state index in [1.165, 1.54) is 88.3 Å². The summed E-state index contributed by atoms with van der Waals surface area (Å²) in [4.78, 5) is 0. The fourth-order valence-corrected chi connectivity index (χ4v) is 7.26. The van der Waals surface area contributed by atoms with Gasteiger partial charge >= 0.3 is 0 Å². The maximum absolute atomic E-state index is 2.47. The first-order chi connectivity index (χ1) is 21.1. The van der Waals surface area contributed by atoms with E-state index in [9.17, 15) is 0 Å². The zero-order valence-corrected chi connectivity index (χ0v) is 26.5. The van der Waals surface area contributed by atoms with E-state index in [0.717, 1.165) is 0 Å². The minimum absolute atomic E-state index is 0.0286. The maximum Gasteiger partial charge on any atom is -0.00261 e. The predicted molar refractivity (Wildman–Crippen MR) is 193 cm³/mol. The van der Waals surface area contributed by atoms with Crippen molar-refractivity contribution in [3.63, 3.8) is 0 Å². The molecule has 0 saturated carbocycles. The van der Waals surface area contributed by atoms with Gasteiger partial charge in [-0.05, 0) is 123 Å². The fourth-order valence-electron chi connectivity index (χ4n) is 7.26. The SMILES string of the molecule is CC(C)(C)c1ccc(-c2ccc(C(C)(C)C)cc2-c2c3cc(c4ccccc24)C=C3)c(-c2c3cc(c4ccccc24)C=C3)c1. The Balaban J connectivity index is 1.50. The molecule has 0 nitrogen and oxygen atoms in total. The van der Waals surface area contributed by atoms with Gasteiger partial charge in [0.2, 0.25) is 0 Å². The van der Waals surface area contributed by atoms with E-state index in [0.29, 0.717) is 0 Å².